The van der Waals surface area contributed by atoms with Gasteiger partial charge in [0.15, 0.2) is 5.11 Å². The number of ether oxygens (including phenoxy) is 1. The van der Waals surface area contributed by atoms with E-state index in [1.54, 1.807) is 66.8 Å². The molecule has 1 aromatic heterocycles. The van der Waals surface area contributed by atoms with Gasteiger partial charge in [0, 0.05) is 37.6 Å². The number of alkyl halides is 3. The van der Waals surface area contributed by atoms with E-state index in [-0.39, 0.29) is 36.1 Å². The van der Waals surface area contributed by atoms with E-state index in [9.17, 15) is 18.0 Å². The molecule has 0 aliphatic rings. The summed E-state index contributed by atoms with van der Waals surface area (Å²) in [4.78, 5) is 18.8. The van der Waals surface area contributed by atoms with Gasteiger partial charge in [-0.15, -0.1) is 0 Å². The lowest BCUT2D eigenvalue weighted by Gasteiger charge is -2.30. The SMILES string of the molecule is COc1ccccc1NC(=S)N(Cc1ccccc1C(F)(F)F)C[C@H](C)NC(=O)Cc1cncn1Cc1ccc(C#N)cc1. The van der Waals surface area contributed by atoms with Crippen LogP contribution in [-0.2, 0) is 30.5 Å². The number of carbonyl (C=O) groups excluding carboxylic acids is 1. The first-order valence-electron chi connectivity index (χ1n) is 13.7. The predicted molar refractivity (Wildman–Crippen MR) is 165 cm³/mol. The molecule has 228 valence electrons. The molecule has 2 N–H and O–H groups in total. The Kier molecular flexibility index (Phi) is 10.6. The van der Waals surface area contributed by atoms with Crippen molar-refractivity contribution in [2.24, 2.45) is 0 Å². The third-order valence-corrected chi connectivity index (χ3v) is 7.16. The number of aromatic nitrogens is 2. The smallest absolute Gasteiger partial charge is 0.416 e. The number of thiocarbonyl (C=S) groups is 1. The number of amides is 1. The first-order valence-corrected chi connectivity index (χ1v) is 14.1. The Morgan fingerprint density at radius 2 is 1.82 bits per heavy atom. The molecule has 0 radical (unpaired) electrons. The topological polar surface area (TPSA) is 95.2 Å². The maximum atomic E-state index is 13.8. The van der Waals surface area contributed by atoms with Crippen LogP contribution in [0.2, 0.25) is 0 Å². The zero-order valence-electron chi connectivity index (χ0n) is 24.1. The Labute approximate surface area is 259 Å². The number of imidazole rings is 1. The number of benzene rings is 3. The summed E-state index contributed by atoms with van der Waals surface area (Å²) in [6.07, 6.45) is -1.26. The molecule has 0 saturated carbocycles. The average molecular weight is 621 g/mol. The lowest BCUT2D eigenvalue weighted by Crippen LogP contribution is -2.46. The number of rotatable bonds is 11. The maximum absolute atomic E-state index is 13.8. The first kappa shape index (κ1) is 32.0. The highest BCUT2D eigenvalue weighted by Crippen LogP contribution is 2.32. The second kappa shape index (κ2) is 14.5. The summed E-state index contributed by atoms with van der Waals surface area (Å²) in [5.74, 6) is 0.239. The molecule has 0 spiro atoms. The Bertz CT molecular complexity index is 1630. The molecule has 1 atom stereocenters. The summed E-state index contributed by atoms with van der Waals surface area (Å²) in [6, 6.07) is 21.2. The minimum Gasteiger partial charge on any atom is -0.495 e. The van der Waals surface area contributed by atoms with Gasteiger partial charge in [-0.3, -0.25) is 4.79 Å². The first-order chi connectivity index (χ1) is 21.1. The summed E-state index contributed by atoms with van der Waals surface area (Å²) >= 11 is 5.66. The normalized spacial score (nSPS) is 11.7. The molecule has 4 aromatic rings. The number of hydrogen-bond donors (Lipinski definition) is 2. The van der Waals surface area contributed by atoms with Crippen molar-refractivity contribution in [1.29, 1.82) is 5.26 Å². The van der Waals surface area contributed by atoms with Crippen LogP contribution in [0.4, 0.5) is 18.9 Å². The number of methoxy groups -OCH3 is 1. The van der Waals surface area contributed by atoms with Crippen molar-refractivity contribution in [2.45, 2.75) is 38.7 Å². The van der Waals surface area contributed by atoms with Gasteiger partial charge in [0.2, 0.25) is 5.91 Å². The van der Waals surface area contributed by atoms with Gasteiger partial charge in [0.1, 0.15) is 5.75 Å². The third kappa shape index (κ3) is 8.58. The summed E-state index contributed by atoms with van der Waals surface area (Å²) in [7, 11) is 1.51. The molecule has 44 heavy (non-hydrogen) atoms. The van der Waals surface area contributed by atoms with E-state index in [4.69, 9.17) is 22.2 Å². The summed E-state index contributed by atoms with van der Waals surface area (Å²) < 4.78 is 48.6. The van der Waals surface area contributed by atoms with E-state index < -0.39 is 17.8 Å². The number of nitrogens with zero attached hydrogens (tertiary/aromatic N) is 4. The number of para-hydroxylation sites is 2. The highest BCUT2D eigenvalue weighted by molar-refractivity contribution is 7.80. The molecule has 1 heterocycles. The molecule has 0 bridgehead atoms. The van der Waals surface area contributed by atoms with Crippen molar-refractivity contribution in [3.05, 3.63) is 113 Å². The quantitative estimate of drug-likeness (QED) is 0.206. The second-order valence-electron chi connectivity index (χ2n) is 10.1. The van der Waals surface area contributed by atoms with Gasteiger partial charge in [-0.25, -0.2) is 4.98 Å². The van der Waals surface area contributed by atoms with Gasteiger partial charge in [-0.1, -0.05) is 42.5 Å². The molecule has 0 unspecified atom stereocenters. The average Bonchev–Trinajstić information content (AvgIpc) is 3.42. The van der Waals surface area contributed by atoms with Crippen molar-refractivity contribution in [3.8, 4) is 11.8 Å². The van der Waals surface area contributed by atoms with E-state index in [2.05, 4.69) is 21.7 Å². The van der Waals surface area contributed by atoms with E-state index in [0.29, 0.717) is 29.2 Å². The molecule has 8 nitrogen and oxygen atoms in total. The summed E-state index contributed by atoms with van der Waals surface area (Å²) in [5.41, 5.74) is 2.04. The Hall–Kier alpha value is -4.89. The summed E-state index contributed by atoms with van der Waals surface area (Å²) in [6.45, 7) is 2.22. The maximum Gasteiger partial charge on any atom is 0.416 e. The van der Waals surface area contributed by atoms with Crippen LogP contribution in [0.5, 0.6) is 5.75 Å². The van der Waals surface area contributed by atoms with Crippen LogP contribution >= 0.6 is 12.2 Å². The second-order valence-corrected chi connectivity index (χ2v) is 10.5. The van der Waals surface area contributed by atoms with E-state index in [1.165, 1.54) is 19.2 Å². The van der Waals surface area contributed by atoms with Crippen molar-refractivity contribution in [2.75, 3.05) is 19.0 Å². The van der Waals surface area contributed by atoms with Crippen LogP contribution < -0.4 is 15.4 Å². The van der Waals surface area contributed by atoms with E-state index in [0.717, 1.165) is 11.6 Å². The van der Waals surface area contributed by atoms with E-state index >= 15 is 0 Å². The van der Waals surface area contributed by atoms with E-state index in [1.807, 2.05) is 16.7 Å². The van der Waals surface area contributed by atoms with Crippen molar-refractivity contribution in [3.63, 3.8) is 0 Å². The van der Waals surface area contributed by atoms with Gasteiger partial charge in [0.05, 0.1) is 42.7 Å². The number of hydrogen-bond acceptors (Lipinski definition) is 5. The summed E-state index contributed by atoms with van der Waals surface area (Å²) in [5, 5.41) is 15.2. The van der Waals surface area contributed by atoms with Crippen molar-refractivity contribution >= 4 is 28.9 Å². The zero-order chi connectivity index (χ0) is 31.7. The van der Waals surface area contributed by atoms with Crippen LogP contribution in [0, 0.1) is 11.3 Å². The van der Waals surface area contributed by atoms with Gasteiger partial charge >= 0.3 is 6.18 Å². The highest BCUT2D eigenvalue weighted by atomic mass is 32.1. The van der Waals surface area contributed by atoms with Crippen LogP contribution in [-0.4, -0.2) is 45.2 Å². The number of carbonyl (C=O) groups is 1. The van der Waals surface area contributed by atoms with Crippen LogP contribution in [0.15, 0.2) is 85.3 Å². The lowest BCUT2D eigenvalue weighted by atomic mass is 10.1. The van der Waals surface area contributed by atoms with Crippen LogP contribution in [0.25, 0.3) is 0 Å². The number of nitrogens with one attached hydrogen (secondary N) is 2. The molecule has 4 rings (SSSR count). The third-order valence-electron chi connectivity index (χ3n) is 6.80. The predicted octanol–water partition coefficient (Wildman–Crippen LogP) is 5.78. The van der Waals surface area contributed by atoms with Crippen molar-refractivity contribution < 1.29 is 22.7 Å². The molecular weight excluding hydrogens is 589 g/mol. The monoisotopic (exact) mass is 620 g/mol. The Morgan fingerprint density at radius 1 is 1.11 bits per heavy atom. The van der Waals surface area contributed by atoms with Crippen LogP contribution in [0.3, 0.4) is 0 Å². The largest absolute Gasteiger partial charge is 0.495 e. The lowest BCUT2D eigenvalue weighted by molar-refractivity contribution is -0.138. The molecule has 0 aliphatic heterocycles. The van der Waals surface area contributed by atoms with Gasteiger partial charge in [-0.2, -0.15) is 18.4 Å². The fourth-order valence-electron chi connectivity index (χ4n) is 4.69. The standard InChI is InChI=1S/C32H31F3N6O2S/c1-22(38-30(42)15-26-17-37-21-41(26)19-24-13-11-23(16-36)12-14-24)18-40(20-25-7-3-4-8-27(25)32(33,34)35)31(44)39-28-9-5-6-10-29(28)43-2/h3-14,17,21-22H,15,18-20H2,1-2H3,(H,38,42)(H,39,44)/t22-/m0/s1. The molecule has 12 heteroatoms. The molecule has 0 saturated heterocycles. The van der Waals surface area contributed by atoms with Gasteiger partial charge < -0.3 is 24.8 Å². The molecule has 3 aromatic carbocycles. The molecule has 0 aliphatic carbocycles. The molecule has 0 fully saturated rings. The van der Waals surface area contributed by atoms with Gasteiger partial charge in [0.25, 0.3) is 0 Å². The minimum absolute atomic E-state index is 0.0431. The van der Waals surface area contributed by atoms with Crippen LogP contribution in [0.1, 0.15) is 34.9 Å². The fraction of sp³-hybridized carbons (Fsp3) is 0.250. The molecular formula is C32H31F3N6O2S. The Balaban J connectivity index is 1.47. The highest BCUT2D eigenvalue weighted by Gasteiger charge is 2.33. The number of nitriles is 1. The number of halogens is 3. The minimum atomic E-state index is -4.54. The molecule has 1 amide bonds. The van der Waals surface area contributed by atoms with Gasteiger partial charge in [-0.05, 0) is 60.6 Å². The Morgan fingerprint density at radius 3 is 2.52 bits per heavy atom. The fourth-order valence-corrected chi connectivity index (χ4v) is 4.94. The zero-order valence-corrected chi connectivity index (χ0v) is 25.0. The number of anilines is 1. The van der Waals surface area contributed by atoms with Crippen molar-refractivity contribution in [1.82, 2.24) is 19.8 Å².